The Morgan fingerprint density at radius 2 is 2.11 bits per heavy atom. The first kappa shape index (κ1) is 17.0. The van der Waals surface area contributed by atoms with Gasteiger partial charge < -0.3 is 15.4 Å². The summed E-state index contributed by atoms with van der Waals surface area (Å²) < 4.78 is 5.70. The molecule has 1 unspecified atom stereocenters. The van der Waals surface area contributed by atoms with Gasteiger partial charge in [0, 0.05) is 18.3 Å². The van der Waals surface area contributed by atoms with Gasteiger partial charge in [0.2, 0.25) is 11.8 Å². The minimum absolute atomic E-state index is 0.119. The van der Waals surface area contributed by atoms with Crippen LogP contribution in [0.5, 0.6) is 0 Å². The highest BCUT2D eigenvalue weighted by atomic mass is 16.5. The maximum Gasteiger partial charge on any atom is 0.257 e. The fourth-order valence-electron chi connectivity index (χ4n) is 2.96. The number of morpholine rings is 1. The molecule has 1 amide bonds. The van der Waals surface area contributed by atoms with E-state index in [1.807, 2.05) is 30.3 Å². The molecule has 0 aliphatic carbocycles. The first-order valence-electron chi connectivity index (χ1n) is 8.44. The zero-order valence-electron chi connectivity index (χ0n) is 14.7. The number of carbonyl (C=O) groups excluding carboxylic acids is 1. The Hall–Kier alpha value is -3.40. The molecule has 0 saturated carbocycles. The van der Waals surface area contributed by atoms with Crippen molar-refractivity contribution in [2.24, 2.45) is 7.05 Å². The van der Waals surface area contributed by atoms with E-state index >= 15 is 0 Å². The Morgan fingerprint density at radius 3 is 2.85 bits per heavy atom. The predicted molar refractivity (Wildman–Crippen MR) is 95.3 cm³/mol. The van der Waals surface area contributed by atoms with Crippen molar-refractivity contribution in [2.75, 3.05) is 25.4 Å². The van der Waals surface area contributed by atoms with Crippen LogP contribution in [0.25, 0.3) is 11.3 Å². The van der Waals surface area contributed by atoms with Crippen LogP contribution in [-0.4, -0.2) is 60.7 Å². The smallest absolute Gasteiger partial charge is 0.257 e. The molecule has 1 aliphatic heterocycles. The summed E-state index contributed by atoms with van der Waals surface area (Å²) in [4.78, 5) is 24.5. The number of nitrogens with zero attached hydrogens (tertiary/aromatic N) is 7. The number of ether oxygens (including phenoxy) is 1. The molecule has 1 atom stereocenters. The van der Waals surface area contributed by atoms with Crippen LogP contribution in [0, 0.1) is 0 Å². The Morgan fingerprint density at radius 1 is 1.30 bits per heavy atom. The summed E-state index contributed by atoms with van der Waals surface area (Å²) in [7, 11) is 1.68. The van der Waals surface area contributed by atoms with Crippen molar-refractivity contribution in [3.8, 4) is 11.3 Å². The molecule has 4 rings (SSSR count). The molecule has 0 radical (unpaired) electrons. The van der Waals surface area contributed by atoms with Crippen LogP contribution in [0.15, 0.2) is 36.5 Å². The van der Waals surface area contributed by atoms with Gasteiger partial charge >= 0.3 is 0 Å². The van der Waals surface area contributed by atoms with Gasteiger partial charge in [-0.05, 0) is 5.21 Å². The SMILES string of the molecule is Cn1nnc(C2CN(C(=O)c3cnc(N)nc3-c3ccccc3)CCO2)n1. The highest BCUT2D eigenvalue weighted by Crippen LogP contribution is 2.25. The van der Waals surface area contributed by atoms with Gasteiger partial charge in [-0.25, -0.2) is 9.97 Å². The second kappa shape index (κ2) is 7.08. The number of nitrogen functional groups attached to an aromatic ring is 1. The molecule has 1 aliphatic rings. The number of nitrogens with two attached hydrogens (primary N) is 1. The van der Waals surface area contributed by atoms with E-state index in [4.69, 9.17) is 10.5 Å². The second-order valence-corrected chi connectivity index (χ2v) is 6.10. The normalized spacial score (nSPS) is 17.1. The maximum atomic E-state index is 13.2. The molecule has 10 nitrogen and oxygen atoms in total. The van der Waals surface area contributed by atoms with Gasteiger partial charge in [0.25, 0.3) is 5.91 Å². The van der Waals surface area contributed by atoms with Crippen molar-refractivity contribution >= 4 is 11.9 Å². The predicted octanol–water partition coefficient (Wildman–Crippen LogP) is 0.463. The first-order chi connectivity index (χ1) is 13.1. The van der Waals surface area contributed by atoms with E-state index in [1.54, 1.807) is 11.9 Å². The number of tetrazole rings is 1. The second-order valence-electron chi connectivity index (χ2n) is 6.10. The van der Waals surface area contributed by atoms with Gasteiger partial charge in [0.05, 0.1) is 31.5 Å². The van der Waals surface area contributed by atoms with E-state index in [9.17, 15) is 4.79 Å². The zero-order chi connectivity index (χ0) is 18.8. The molecule has 0 bridgehead atoms. The van der Waals surface area contributed by atoms with Gasteiger partial charge in [-0.15, -0.1) is 10.2 Å². The number of aromatic nitrogens is 6. The van der Waals surface area contributed by atoms with Crippen LogP contribution < -0.4 is 5.73 Å². The lowest BCUT2D eigenvalue weighted by molar-refractivity contribution is -0.0269. The van der Waals surface area contributed by atoms with Crippen LogP contribution in [0.4, 0.5) is 5.95 Å². The Labute approximate surface area is 155 Å². The Kier molecular flexibility index (Phi) is 4.47. The van der Waals surface area contributed by atoms with Crippen molar-refractivity contribution in [3.05, 3.63) is 47.9 Å². The van der Waals surface area contributed by atoms with Gasteiger partial charge in [0.1, 0.15) is 6.10 Å². The van der Waals surface area contributed by atoms with Crippen molar-refractivity contribution in [3.63, 3.8) is 0 Å². The van der Waals surface area contributed by atoms with E-state index < -0.39 is 6.10 Å². The number of rotatable bonds is 3. The van der Waals surface area contributed by atoms with Gasteiger partial charge in [0.15, 0.2) is 0 Å². The van der Waals surface area contributed by atoms with Crippen LogP contribution in [0.1, 0.15) is 22.3 Å². The van der Waals surface area contributed by atoms with E-state index in [0.717, 1.165) is 5.56 Å². The lowest BCUT2D eigenvalue weighted by Crippen LogP contribution is -2.42. The van der Waals surface area contributed by atoms with E-state index in [-0.39, 0.29) is 11.9 Å². The number of amides is 1. The summed E-state index contributed by atoms with van der Waals surface area (Å²) in [5.74, 6) is 0.381. The Bertz CT molecular complexity index is 959. The average molecular weight is 366 g/mol. The highest BCUT2D eigenvalue weighted by Gasteiger charge is 2.30. The summed E-state index contributed by atoms with van der Waals surface area (Å²) in [6.45, 7) is 1.16. The van der Waals surface area contributed by atoms with Crippen LogP contribution in [0.2, 0.25) is 0 Å². The fraction of sp³-hybridized carbons (Fsp3) is 0.294. The van der Waals surface area contributed by atoms with E-state index in [0.29, 0.717) is 36.8 Å². The monoisotopic (exact) mass is 366 g/mol. The van der Waals surface area contributed by atoms with Crippen molar-refractivity contribution in [2.45, 2.75) is 6.10 Å². The molecule has 138 valence electrons. The molecule has 1 saturated heterocycles. The summed E-state index contributed by atoms with van der Waals surface area (Å²) >= 11 is 0. The van der Waals surface area contributed by atoms with E-state index in [2.05, 4.69) is 25.4 Å². The lowest BCUT2D eigenvalue weighted by Gasteiger charge is -2.31. The number of aryl methyl sites for hydroxylation is 1. The quantitative estimate of drug-likeness (QED) is 0.709. The van der Waals surface area contributed by atoms with Crippen molar-refractivity contribution in [1.82, 2.24) is 35.1 Å². The summed E-state index contributed by atoms with van der Waals surface area (Å²) in [5, 5.41) is 12.0. The summed E-state index contributed by atoms with van der Waals surface area (Å²) in [6, 6.07) is 9.42. The first-order valence-corrected chi connectivity index (χ1v) is 8.44. The Balaban J connectivity index is 1.63. The molecular formula is C17H18N8O2. The fourth-order valence-corrected chi connectivity index (χ4v) is 2.96. The molecule has 2 aromatic heterocycles. The minimum atomic E-state index is -0.425. The van der Waals surface area contributed by atoms with E-state index in [1.165, 1.54) is 11.0 Å². The van der Waals surface area contributed by atoms with Gasteiger partial charge in [-0.2, -0.15) is 4.80 Å². The third kappa shape index (κ3) is 3.47. The number of carbonyl (C=O) groups is 1. The largest absolute Gasteiger partial charge is 0.368 e. The summed E-state index contributed by atoms with van der Waals surface area (Å²) in [5.41, 5.74) is 7.45. The zero-order valence-corrected chi connectivity index (χ0v) is 14.7. The standard InChI is InChI=1S/C17H18N8O2/c1-24-22-15(21-23-24)13-10-25(7-8-27-13)16(26)12-9-19-17(18)20-14(12)11-5-3-2-4-6-11/h2-6,9,13H,7-8,10H2,1H3,(H2,18,19,20). The van der Waals surface area contributed by atoms with Crippen molar-refractivity contribution in [1.29, 1.82) is 0 Å². The number of hydrogen-bond acceptors (Lipinski definition) is 8. The minimum Gasteiger partial charge on any atom is -0.368 e. The van der Waals surface area contributed by atoms with Crippen LogP contribution >= 0.6 is 0 Å². The highest BCUT2D eigenvalue weighted by molar-refractivity contribution is 5.99. The maximum absolute atomic E-state index is 13.2. The molecule has 3 aromatic rings. The average Bonchev–Trinajstić information content (AvgIpc) is 3.14. The number of hydrogen-bond donors (Lipinski definition) is 1. The molecule has 10 heteroatoms. The molecule has 2 N–H and O–H groups in total. The molecule has 1 aromatic carbocycles. The molecular weight excluding hydrogens is 348 g/mol. The topological polar surface area (TPSA) is 125 Å². The number of benzene rings is 1. The van der Waals surface area contributed by atoms with Gasteiger partial charge in [-0.3, -0.25) is 4.79 Å². The van der Waals surface area contributed by atoms with Crippen LogP contribution in [-0.2, 0) is 11.8 Å². The molecule has 1 fully saturated rings. The van der Waals surface area contributed by atoms with Crippen molar-refractivity contribution < 1.29 is 9.53 Å². The summed E-state index contributed by atoms with van der Waals surface area (Å²) in [6.07, 6.45) is 1.05. The molecule has 3 heterocycles. The number of anilines is 1. The lowest BCUT2D eigenvalue weighted by atomic mass is 10.1. The third-order valence-electron chi connectivity index (χ3n) is 4.25. The van der Waals surface area contributed by atoms with Gasteiger partial charge in [-0.1, -0.05) is 30.3 Å². The molecule has 0 spiro atoms. The third-order valence-corrected chi connectivity index (χ3v) is 4.25. The molecule has 27 heavy (non-hydrogen) atoms. The van der Waals surface area contributed by atoms with Crippen LogP contribution in [0.3, 0.4) is 0 Å².